The molecule has 0 bridgehead atoms. The number of benzene rings is 1. The summed E-state index contributed by atoms with van der Waals surface area (Å²) >= 11 is 0. The maximum Gasteiger partial charge on any atom is 0.243 e. The topological polar surface area (TPSA) is 72.6 Å². The predicted octanol–water partition coefficient (Wildman–Crippen LogP) is 1.25. The fourth-order valence-corrected chi connectivity index (χ4v) is 4.16. The molecule has 112 valence electrons. The first-order valence-corrected chi connectivity index (χ1v) is 7.90. The van der Waals surface area contributed by atoms with E-state index in [0.717, 1.165) is 12.8 Å². The lowest BCUT2D eigenvalue weighted by molar-refractivity contribution is 0.315. The Morgan fingerprint density at radius 2 is 2.15 bits per heavy atom. The Kier molecular flexibility index (Phi) is 4.31. The van der Waals surface area contributed by atoms with Gasteiger partial charge < -0.3 is 10.5 Å². The third kappa shape index (κ3) is 2.65. The van der Waals surface area contributed by atoms with Crippen molar-refractivity contribution >= 4 is 10.0 Å². The van der Waals surface area contributed by atoms with E-state index in [4.69, 9.17) is 10.5 Å². The minimum absolute atomic E-state index is 0.0232. The van der Waals surface area contributed by atoms with Crippen LogP contribution in [0.15, 0.2) is 17.0 Å². The van der Waals surface area contributed by atoms with Gasteiger partial charge in [-0.05, 0) is 31.9 Å². The molecular formula is C13H19FN2O3S. The molecule has 2 N–H and O–H groups in total. The lowest BCUT2D eigenvalue weighted by Crippen LogP contribution is -2.45. The number of hydrogen-bond acceptors (Lipinski definition) is 4. The molecule has 5 nitrogen and oxygen atoms in total. The highest BCUT2D eigenvalue weighted by atomic mass is 32.2. The maximum atomic E-state index is 14.0. The Balaban J connectivity index is 2.42. The molecule has 0 spiro atoms. The second kappa shape index (κ2) is 5.67. The first kappa shape index (κ1) is 15.2. The van der Waals surface area contributed by atoms with Gasteiger partial charge in [-0.1, -0.05) is 0 Å². The van der Waals surface area contributed by atoms with Gasteiger partial charge in [0.05, 0.1) is 12.0 Å². The number of nitrogens with zero attached hydrogens (tertiary/aromatic N) is 1. The molecule has 0 aliphatic carbocycles. The summed E-state index contributed by atoms with van der Waals surface area (Å²) in [6, 6.07) is 2.55. The Hall–Kier alpha value is -1.18. The van der Waals surface area contributed by atoms with Gasteiger partial charge >= 0.3 is 0 Å². The molecule has 0 aromatic heterocycles. The van der Waals surface area contributed by atoms with Crippen molar-refractivity contribution in [3.63, 3.8) is 0 Å². The third-order valence-electron chi connectivity index (χ3n) is 3.56. The zero-order valence-corrected chi connectivity index (χ0v) is 12.4. The molecule has 1 aromatic rings. The van der Waals surface area contributed by atoms with Crippen molar-refractivity contribution in [2.45, 2.75) is 30.7 Å². The molecule has 1 aliphatic rings. The molecule has 1 unspecified atom stereocenters. The lowest BCUT2D eigenvalue weighted by Gasteiger charge is -2.30. The third-order valence-corrected chi connectivity index (χ3v) is 5.57. The summed E-state index contributed by atoms with van der Waals surface area (Å²) in [5.41, 5.74) is 5.89. The number of hydrogen-bond donors (Lipinski definition) is 1. The fraction of sp³-hybridized carbons (Fsp3) is 0.538. The number of methoxy groups -OCH3 is 1. The van der Waals surface area contributed by atoms with Crippen molar-refractivity contribution in [3.05, 3.63) is 23.5 Å². The van der Waals surface area contributed by atoms with Gasteiger partial charge in [0, 0.05) is 24.7 Å². The number of sulfonamides is 1. The van der Waals surface area contributed by atoms with Gasteiger partial charge in [0.15, 0.2) is 11.6 Å². The van der Waals surface area contributed by atoms with Crippen LogP contribution in [0.4, 0.5) is 4.39 Å². The van der Waals surface area contributed by atoms with E-state index < -0.39 is 15.8 Å². The maximum absolute atomic E-state index is 14.0. The summed E-state index contributed by atoms with van der Waals surface area (Å²) in [7, 11) is -2.37. The van der Waals surface area contributed by atoms with Crippen LogP contribution in [0.25, 0.3) is 0 Å². The van der Waals surface area contributed by atoms with Crippen molar-refractivity contribution < 1.29 is 17.5 Å². The SMILES string of the molecule is COc1ccc(S(=O)(=O)N2CCCC(N)C2)c(C)c1F. The van der Waals surface area contributed by atoms with E-state index in [1.54, 1.807) is 0 Å². The highest BCUT2D eigenvalue weighted by Gasteiger charge is 2.31. The zero-order valence-electron chi connectivity index (χ0n) is 11.6. The van der Waals surface area contributed by atoms with Crippen molar-refractivity contribution in [2.24, 2.45) is 5.73 Å². The molecule has 0 radical (unpaired) electrons. The lowest BCUT2D eigenvalue weighted by atomic mass is 10.1. The second-order valence-corrected chi connectivity index (χ2v) is 6.88. The van der Waals surface area contributed by atoms with Gasteiger partial charge in [-0.15, -0.1) is 0 Å². The largest absolute Gasteiger partial charge is 0.494 e. The second-order valence-electron chi connectivity index (χ2n) is 4.97. The minimum Gasteiger partial charge on any atom is -0.494 e. The smallest absolute Gasteiger partial charge is 0.243 e. The molecule has 1 fully saturated rings. The minimum atomic E-state index is -3.72. The summed E-state index contributed by atoms with van der Waals surface area (Å²) in [6.45, 7) is 2.13. The number of halogens is 1. The Morgan fingerprint density at radius 1 is 1.45 bits per heavy atom. The highest BCUT2D eigenvalue weighted by Crippen LogP contribution is 2.29. The van der Waals surface area contributed by atoms with Crippen LogP contribution in [0, 0.1) is 12.7 Å². The highest BCUT2D eigenvalue weighted by molar-refractivity contribution is 7.89. The van der Waals surface area contributed by atoms with Crippen LogP contribution in [0.1, 0.15) is 18.4 Å². The molecule has 1 aliphatic heterocycles. The van der Waals surface area contributed by atoms with Crippen LogP contribution in [-0.4, -0.2) is 39.0 Å². The molecule has 1 aromatic carbocycles. The first-order chi connectivity index (χ1) is 9.37. The summed E-state index contributed by atoms with van der Waals surface area (Å²) in [5.74, 6) is -0.605. The van der Waals surface area contributed by atoms with Crippen LogP contribution >= 0.6 is 0 Å². The van der Waals surface area contributed by atoms with Crippen LogP contribution < -0.4 is 10.5 Å². The fourth-order valence-electron chi connectivity index (χ4n) is 2.41. The molecule has 1 heterocycles. The van der Waals surface area contributed by atoms with Crippen LogP contribution in [-0.2, 0) is 10.0 Å². The summed E-state index contributed by atoms with van der Waals surface area (Å²) < 4.78 is 45.3. The summed E-state index contributed by atoms with van der Waals surface area (Å²) in [5, 5.41) is 0. The van der Waals surface area contributed by atoms with Crippen LogP contribution in [0.2, 0.25) is 0 Å². The van der Waals surface area contributed by atoms with E-state index in [2.05, 4.69) is 0 Å². The number of piperidine rings is 1. The Morgan fingerprint density at radius 3 is 2.75 bits per heavy atom. The molecule has 1 saturated heterocycles. The van der Waals surface area contributed by atoms with E-state index in [-0.39, 0.29) is 28.8 Å². The molecule has 1 atom stereocenters. The van der Waals surface area contributed by atoms with E-state index in [1.165, 1.54) is 30.5 Å². The van der Waals surface area contributed by atoms with Gasteiger partial charge in [-0.2, -0.15) is 4.31 Å². The first-order valence-electron chi connectivity index (χ1n) is 6.46. The van der Waals surface area contributed by atoms with Crippen LogP contribution in [0.5, 0.6) is 5.75 Å². The van der Waals surface area contributed by atoms with Gasteiger partial charge in [-0.25, -0.2) is 12.8 Å². The number of ether oxygens (including phenoxy) is 1. The zero-order chi connectivity index (χ0) is 14.9. The molecule has 20 heavy (non-hydrogen) atoms. The van der Waals surface area contributed by atoms with Crippen molar-refractivity contribution in [2.75, 3.05) is 20.2 Å². The Bertz CT molecular complexity index is 604. The number of nitrogens with two attached hydrogens (primary N) is 1. The van der Waals surface area contributed by atoms with Crippen molar-refractivity contribution in [1.29, 1.82) is 0 Å². The molecule has 2 rings (SSSR count). The molecule has 0 saturated carbocycles. The van der Waals surface area contributed by atoms with Gasteiger partial charge in [0.1, 0.15) is 0 Å². The Labute approximate surface area is 118 Å². The van der Waals surface area contributed by atoms with E-state index in [0.29, 0.717) is 6.54 Å². The molecular weight excluding hydrogens is 283 g/mol. The number of rotatable bonds is 3. The average Bonchev–Trinajstić information content (AvgIpc) is 2.41. The van der Waals surface area contributed by atoms with Crippen molar-refractivity contribution in [3.8, 4) is 5.75 Å². The van der Waals surface area contributed by atoms with Gasteiger partial charge in [0.2, 0.25) is 10.0 Å². The monoisotopic (exact) mass is 302 g/mol. The standard InChI is InChI=1S/C13H19FN2O3S/c1-9-12(6-5-11(19-2)13(9)14)20(17,18)16-7-3-4-10(15)8-16/h5-6,10H,3-4,7-8,15H2,1-2H3. The van der Waals surface area contributed by atoms with E-state index in [9.17, 15) is 12.8 Å². The van der Waals surface area contributed by atoms with Gasteiger partial charge in [-0.3, -0.25) is 0 Å². The van der Waals surface area contributed by atoms with Gasteiger partial charge in [0.25, 0.3) is 0 Å². The average molecular weight is 302 g/mol. The quantitative estimate of drug-likeness (QED) is 0.912. The van der Waals surface area contributed by atoms with Crippen LogP contribution in [0.3, 0.4) is 0 Å². The van der Waals surface area contributed by atoms with E-state index >= 15 is 0 Å². The predicted molar refractivity (Wildman–Crippen MR) is 73.7 cm³/mol. The molecule has 7 heteroatoms. The summed E-state index contributed by atoms with van der Waals surface area (Å²) in [6.07, 6.45) is 1.53. The molecule has 0 amide bonds. The summed E-state index contributed by atoms with van der Waals surface area (Å²) in [4.78, 5) is -0.0232. The van der Waals surface area contributed by atoms with Crippen molar-refractivity contribution in [1.82, 2.24) is 4.31 Å². The normalized spacial score (nSPS) is 20.9. The van der Waals surface area contributed by atoms with E-state index in [1.807, 2.05) is 0 Å².